The van der Waals surface area contributed by atoms with Crippen LogP contribution in [0, 0.1) is 0 Å². The van der Waals surface area contributed by atoms with Gasteiger partial charge in [-0.15, -0.1) is 0 Å². The molecule has 0 saturated heterocycles. The molecular formula is C13H14N2O5S. The number of rotatable bonds is 7. The molecule has 112 valence electrons. The lowest BCUT2D eigenvalue weighted by Gasteiger charge is -2.03. The second kappa shape index (κ2) is 7.03. The molecule has 0 spiro atoms. The highest BCUT2D eigenvalue weighted by Gasteiger charge is 2.24. The van der Waals surface area contributed by atoms with Crippen LogP contribution in [0.5, 0.6) is 0 Å². The third kappa shape index (κ3) is 4.42. The Kier molecular flexibility index (Phi) is 5.66. The standard InChI is InChI=1S/C13H14N2O5S/c1-9(16)13(15-14)12(17)8-5-10-3-6-11(7-4-10)21(18,19)20-2/h3-4,6-7H,5,8H2,1-2H3. The number of Topliss-reactive ketones (excluding diaryl/α,β-unsaturated/α-hetero) is 2. The third-order valence-corrected chi connectivity index (χ3v) is 4.06. The van der Waals surface area contributed by atoms with E-state index >= 15 is 0 Å². The topological polar surface area (TPSA) is 114 Å². The van der Waals surface area contributed by atoms with Crippen LogP contribution in [-0.2, 0) is 30.3 Å². The van der Waals surface area contributed by atoms with Gasteiger partial charge < -0.3 is 5.53 Å². The molecule has 0 unspecified atom stereocenters. The lowest BCUT2D eigenvalue weighted by molar-refractivity contribution is -0.123. The second-order valence-corrected chi connectivity index (χ2v) is 5.91. The molecule has 0 aliphatic carbocycles. The summed E-state index contributed by atoms with van der Waals surface area (Å²) >= 11 is 0. The van der Waals surface area contributed by atoms with Crippen molar-refractivity contribution in [2.45, 2.75) is 24.7 Å². The Morgan fingerprint density at radius 3 is 2.24 bits per heavy atom. The van der Waals surface area contributed by atoms with Crippen LogP contribution in [0.2, 0.25) is 0 Å². The Morgan fingerprint density at radius 2 is 1.81 bits per heavy atom. The van der Waals surface area contributed by atoms with Crippen LogP contribution in [0.4, 0.5) is 0 Å². The molecule has 1 aromatic carbocycles. The molecule has 0 aliphatic heterocycles. The van der Waals surface area contributed by atoms with Gasteiger partial charge in [0, 0.05) is 13.3 Å². The minimum absolute atomic E-state index is 0.0152. The predicted octanol–water partition coefficient (Wildman–Crippen LogP) is 0.783. The molecule has 21 heavy (non-hydrogen) atoms. The number of nitrogens with zero attached hydrogens (tertiary/aromatic N) is 2. The maximum Gasteiger partial charge on any atom is 0.399 e. The van der Waals surface area contributed by atoms with Crippen molar-refractivity contribution < 1.29 is 27.0 Å². The van der Waals surface area contributed by atoms with Crippen molar-refractivity contribution in [1.82, 2.24) is 0 Å². The molecule has 0 radical (unpaired) electrons. The van der Waals surface area contributed by atoms with E-state index in [2.05, 4.69) is 8.97 Å². The van der Waals surface area contributed by atoms with Crippen molar-refractivity contribution in [3.05, 3.63) is 35.4 Å². The van der Waals surface area contributed by atoms with Gasteiger partial charge in [-0.05, 0) is 24.1 Å². The summed E-state index contributed by atoms with van der Waals surface area (Å²) in [5.41, 5.74) is 8.80. The molecule has 0 saturated carbocycles. The van der Waals surface area contributed by atoms with Crippen LogP contribution in [-0.4, -0.2) is 37.6 Å². The van der Waals surface area contributed by atoms with E-state index in [-0.39, 0.29) is 11.3 Å². The third-order valence-electron chi connectivity index (χ3n) is 2.77. The summed E-state index contributed by atoms with van der Waals surface area (Å²) in [6.45, 7) is 1.14. The highest BCUT2D eigenvalue weighted by Crippen LogP contribution is 2.13. The first-order chi connectivity index (χ1) is 9.81. The number of carbonyl (C=O) groups excluding carboxylic acids is 2. The molecule has 0 aromatic heterocycles. The summed E-state index contributed by atoms with van der Waals surface area (Å²) in [5.74, 6) is -1.18. The van der Waals surface area contributed by atoms with E-state index in [4.69, 9.17) is 5.53 Å². The normalized spacial score (nSPS) is 10.8. The monoisotopic (exact) mass is 310 g/mol. The highest BCUT2D eigenvalue weighted by atomic mass is 32.2. The van der Waals surface area contributed by atoms with Crippen molar-refractivity contribution >= 4 is 27.4 Å². The lowest BCUT2D eigenvalue weighted by Crippen LogP contribution is -2.23. The van der Waals surface area contributed by atoms with E-state index in [9.17, 15) is 18.0 Å². The fourth-order valence-corrected chi connectivity index (χ4v) is 2.28. The van der Waals surface area contributed by atoms with Crippen molar-refractivity contribution in [3.63, 3.8) is 0 Å². The molecule has 0 bridgehead atoms. The second-order valence-electron chi connectivity index (χ2n) is 4.19. The molecular weight excluding hydrogens is 296 g/mol. The molecule has 8 heteroatoms. The largest absolute Gasteiger partial charge is 0.399 e. The van der Waals surface area contributed by atoms with Crippen molar-refractivity contribution in [3.8, 4) is 0 Å². The van der Waals surface area contributed by atoms with Crippen molar-refractivity contribution in [1.29, 1.82) is 0 Å². The number of hydrogen-bond acceptors (Lipinski definition) is 5. The van der Waals surface area contributed by atoms with Gasteiger partial charge in [0.15, 0.2) is 0 Å². The van der Waals surface area contributed by atoms with Gasteiger partial charge in [0.05, 0.1) is 12.0 Å². The average molecular weight is 310 g/mol. The Bertz CT molecular complexity index is 701. The predicted molar refractivity (Wildman–Crippen MR) is 73.3 cm³/mol. The minimum atomic E-state index is -3.74. The Morgan fingerprint density at radius 1 is 1.24 bits per heavy atom. The number of ketones is 2. The van der Waals surface area contributed by atoms with Gasteiger partial charge in [0.1, 0.15) is 0 Å². The summed E-state index contributed by atoms with van der Waals surface area (Å²) in [6.07, 6.45) is 0.272. The van der Waals surface area contributed by atoms with Crippen molar-refractivity contribution in [2.24, 2.45) is 0 Å². The Balaban J connectivity index is 2.76. The zero-order valence-corrected chi connectivity index (χ0v) is 12.4. The van der Waals surface area contributed by atoms with Crippen LogP contribution in [0.1, 0.15) is 18.9 Å². The van der Waals surface area contributed by atoms with Gasteiger partial charge >= 0.3 is 5.71 Å². The fourth-order valence-electron chi connectivity index (χ4n) is 1.62. The van der Waals surface area contributed by atoms with Gasteiger partial charge in [0.2, 0.25) is 11.6 Å². The number of hydrogen-bond donors (Lipinski definition) is 0. The van der Waals surface area contributed by atoms with Gasteiger partial charge in [-0.3, -0.25) is 13.8 Å². The highest BCUT2D eigenvalue weighted by molar-refractivity contribution is 7.86. The molecule has 0 aliphatic rings. The summed E-state index contributed by atoms with van der Waals surface area (Å²) in [4.78, 5) is 25.4. The average Bonchev–Trinajstić information content (AvgIpc) is 2.46. The maximum atomic E-state index is 11.6. The van der Waals surface area contributed by atoms with E-state index in [1.807, 2.05) is 0 Å². The van der Waals surface area contributed by atoms with Gasteiger partial charge in [-0.2, -0.15) is 13.2 Å². The quantitative estimate of drug-likeness (QED) is 0.243. The van der Waals surface area contributed by atoms with Crippen LogP contribution in [0.15, 0.2) is 29.2 Å². The zero-order chi connectivity index (χ0) is 16.0. The molecule has 0 amide bonds. The molecule has 0 N–H and O–H groups in total. The van der Waals surface area contributed by atoms with Crippen LogP contribution < -0.4 is 0 Å². The zero-order valence-electron chi connectivity index (χ0n) is 11.6. The summed E-state index contributed by atoms with van der Waals surface area (Å²) in [7, 11) is -2.67. The van der Waals surface area contributed by atoms with Gasteiger partial charge in [0.25, 0.3) is 10.1 Å². The molecule has 1 aromatic rings. The first kappa shape index (κ1) is 16.9. The number of carbonyl (C=O) groups is 2. The molecule has 0 heterocycles. The SMILES string of the molecule is COS(=O)(=O)c1ccc(CCC(=O)C(=[N+]=[N-])C(C)=O)cc1. The van der Waals surface area contributed by atoms with E-state index in [1.54, 1.807) is 12.1 Å². The lowest BCUT2D eigenvalue weighted by atomic mass is 10.0. The van der Waals surface area contributed by atoms with Crippen LogP contribution >= 0.6 is 0 Å². The van der Waals surface area contributed by atoms with Gasteiger partial charge in [-0.25, -0.2) is 0 Å². The first-order valence-electron chi connectivity index (χ1n) is 5.97. The van der Waals surface area contributed by atoms with Gasteiger partial charge in [-0.1, -0.05) is 12.1 Å². The summed E-state index contributed by atoms with van der Waals surface area (Å²) in [5, 5.41) is 0. The summed E-state index contributed by atoms with van der Waals surface area (Å²) in [6, 6.07) is 5.82. The molecule has 1 rings (SSSR count). The van der Waals surface area contributed by atoms with Crippen LogP contribution in [0.3, 0.4) is 0 Å². The van der Waals surface area contributed by atoms with E-state index < -0.39 is 27.4 Å². The number of aryl methyl sites for hydroxylation is 1. The molecule has 0 atom stereocenters. The number of benzene rings is 1. The summed E-state index contributed by atoms with van der Waals surface area (Å²) < 4.78 is 27.2. The molecule has 0 fully saturated rings. The van der Waals surface area contributed by atoms with E-state index in [1.165, 1.54) is 12.1 Å². The minimum Gasteiger partial charge on any atom is -0.360 e. The maximum absolute atomic E-state index is 11.6. The molecule has 7 nitrogen and oxygen atoms in total. The van der Waals surface area contributed by atoms with Crippen molar-refractivity contribution in [2.75, 3.05) is 7.11 Å². The first-order valence-corrected chi connectivity index (χ1v) is 7.38. The smallest absolute Gasteiger partial charge is 0.360 e. The van der Waals surface area contributed by atoms with Crippen LogP contribution in [0.25, 0.3) is 5.53 Å². The fraction of sp³-hybridized carbons (Fsp3) is 0.308. The Hall–Kier alpha value is -2.15. The Labute approximate surface area is 122 Å². The van der Waals surface area contributed by atoms with E-state index in [0.717, 1.165) is 14.0 Å². The van der Waals surface area contributed by atoms with E-state index in [0.29, 0.717) is 12.0 Å².